The average Bonchev–Trinajstić information content (AvgIpc) is 1.97. The van der Waals surface area contributed by atoms with Gasteiger partial charge in [-0.25, -0.2) is 22.0 Å². The first-order chi connectivity index (χ1) is 5.04. The maximum atomic E-state index is 12.0. The van der Waals surface area contributed by atoms with Gasteiger partial charge < -0.3 is 0 Å². The average molecular weight is 205 g/mol. The van der Waals surface area contributed by atoms with Gasteiger partial charge in [-0.15, -0.1) is 12.4 Å². The minimum atomic E-state index is -2.14. The van der Waals surface area contributed by atoms with Gasteiger partial charge in [-0.05, 0) is 0 Å². The lowest BCUT2D eigenvalue weighted by Crippen LogP contribution is -1.98. The van der Waals surface area contributed by atoms with Crippen LogP contribution < -0.4 is 0 Å². The summed E-state index contributed by atoms with van der Waals surface area (Å²) in [4.78, 5) is 0. The van der Waals surface area contributed by atoms with Crippen molar-refractivity contribution in [2.24, 2.45) is 0 Å². The van der Waals surface area contributed by atoms with Crippen molar-refractivity contribution in [2.45, 2.75) is 0 Å². The van der Waals surface area contributed by atoms with E-state index in [-0.39, 0.29) is 18.5 Å². The Morgan fingerprint density at radius 2 is 1.00 bits per heavy atom. The molecule has 0 radical (unpaired) electrons. The zero-order valence-corrected chi connectivity index (χ0v) is 6.19. The van der Waals surface area contributed by atoms with Crippen LogP contribution in [0.25, 0.3) is 0 Å². The van der Waals surface area contributed by atoms with Crippen LogP contribution >= 0.6 is 12.4 Å². The molecule has 0 amide bonds. The van der Waals surface area contributed by atoms with Crippen LogP contribution in [0.15, 0.2) is 6.07 Å². The first kappa shape index (κ1) is 11.2. The summed E-state index contributed by atoms with van der Waals surface area (Å²) < 4.78 is 60.0. The van der Waals surface area contributed by atoms with E-state index in [0.717, 1.165) is 0 Å². The van der Waals surface area contributed by atoms with Gasteiger partial charge in [0.25, 0.3) is 0 Å². The first-order valence-electron chi connectivity index (χ1n) is 2.52. The molecule has 0 heterocycles. The van der Waals surface area contributed by atoms with Crippen LogP contribution in [0.4, 0.5) is 22.0 Å². The monoisotopic (exact) mass is 204 g/mol. The highest BCUT2D eigenvalue weighted by atomic mass is 35.5. The fourth-order valence-corrected chi connectivity index (χ4v) is 0.544. The highest BCUT2D eigenvalue weighted by molar-refractivity contribution is 5.85. The van der Waals surface area contributed by atoms with Gasteiger partial charge in [0.1, 0.15) is 0 Å². The van der Waals surface area contributed by atoms with E-state index < -0.39 is 29.1 Å². The summed E-state index contributed by atoms with van der Waals surface area (Å²) in [5.74, 6) is -9.65. The highest BCUT2D eigenvalue weighted by Crippen LogP contribution is 2.16. The fraction of sp³-hybridized carbons (Fsp3) is 0. The number of rotatable bonds is 0. The van der Waals surface area contributed by atoms with Gasteiger partial charge in [-0.1, -0.05) is 0 Å². The van der Waals surface area contributed by atoms with E-state index in [2.05, 4.69) is 0 Å². The van der Waals surface area contributed by atoms with Gasteiger partial charge >= 0.3 is 0 Å². The summed E-state index contributed by atoms with van der Waals surface area (Å²) in [5.41, 5.74) is 0. The molecule has 1 aromatic carbocycles. The summed E-state index contributed by atoms with van der Waals surface area (Å²) in [7, 11) is 0. The van der Waals surface area contributed by atoms with Crippen molar-refractivity contribution in [2.75, 3.05) is 0 Å². The maximum Gasteiger partial charge on any atom is 0.200 e. The van der Waals surface area contributed by atoms with Crippen LogP contribution in [0.5, 0.6) is 0 Å². The fourth-order valence-electron chi connectivity index (χ4n) is 0.544. The third kappa shape index (κ3) is 1.66. The summed E-state index contributed by atoms with van der Waals surface area (Å²) in [6, 6.07) is -0.0618. The molecule has 0 aliphatic rings. The molecule has 1 rings (SSSR count). The summed E-state index contributed by atoms with van der Waals surface area (Å²) in [6.45, 7) is 0. The van der Waals surface area contributed by atoms with Crippen LogP contribution in [0.2, 0.25) is 0 Å². The van der Waals surface area contributed by atoms with Gasteiger partial charge in [0.2, 0.25) is 5.82 Å². The number of benzene rings is 1. The molecule has 0 nitrogen and oxygen atoms in total. The van der Waals surface area contributed by atoms with E-state index in [4.69, 9.17) is 0 Å². The maximum absolute atomic E-state index is 12.0. The predicted octanol–water partition coefficient (Wildman–Crippen LogP) is 2.80. The van der Waals surface area contributed by atoms with E-state index in [9.17, 15) is 22.0 Å². The molecule has 0 aliphatic heterocycles. The highest BCUT2D eigenvalue weighted by Gasteiger charge is 2.18. The summed E-state index contributed by atoms with van der Waals surface area (Å²) in [5, 5.41) is 0. The summed E-state index contributed by atoms with van der Waals surface area (Å²) in [6.07, 6.45) is 0. The molecule has 0 N–H and O–H groups in total. The van der Waals surface area contributed by atoms with E-state index >= 15 is 0 Å². The molecule has 0 saturated carbocycles. The smallest absolute Gasteiger partial charge is 0.200 e. The Labute approximate surface area is 70.4 Å². The second kappa shape index (κ2) is 3.71. The van der Waals surface area contributed by atoms with Crippen LogP contribution in [0, 0.1) is 29.1 Å². The Kier molecular flexibility index (Phi) is 3.45. The molecule has 0 spiro atoms. The first-order valence-corrected chi connectivity index (χ1v) is 2.52. The lowest BCUT2D eigenvalue weighted by atomic mass is 10.3. The van der Waals surface area contributed by atoms with Crippen LogP contribution in [0.1, 0.15) is 0 Å². The van der Waals surface area contributed by atoms with E-state index in [1.807, 2.05) is 0 Å². The third-order valence-corrected chi connectivity index (χ3v) is 1.06. The lowest BCUT2D eigenvalue weighted by molar-refractivity contribution is 0.378. The van der Waals surface area contributed by atoms with Gasteiger partial charge in [0, 0.05) is 6.07 Å². The Morgan fingerprint density at radius 3 is 1.33 bits per heavy atom. The molecule has 0 unspecified atom stereocenters. The van der Waals surface area contributed by atoms with E-state index in [1.165, 1.54) is 0 Å². The van der Waals surface area contributed by atoms with Crippen molar-refractivity contribution < 1.29 is 22.0 Å². The van der Waals surface area contributed by atoms with Crippen LogP contribution in [0.3, 0.4) is 0 Å². The lowest BCUT2D eigenvalue weighted by Gasteiger charge is -1.96. The van der Waals surface area contributed by atoms with E-state index in [0.29, 0.717) is 0 Å². The van der Waals surface area contributed by atoms with Crippen molar-refractivity contribution in [1.29, 1.82) is 0 Å². The molecule has 6 heteroatoms. The van der Waals surface area contributed by atoms with Crippen LogP contribution in [-0.2, 0) is 0 Å². The van der Waals surface area contributed by atoms with Gasteiger partial charge in [-0.3, -0.25) is 0 Å². The third-order valence-electron chi connectivity index (χ3n) is 1.06. The summed E-state index contributed by atoms with van der Waals surface area (Å²) >= 11 is 0. The molecule has 0 aliphatic carbocycles. The molecule has 0 aromatic heterocycles. The van der Waals surface area contributed by atoms with Crippen molar-refractivity contribution >= 4 is 12.4 Å². The predicted molar refractivity (Wildman–Crippen MR) is 33.5 cm³/mol. The quantitative estimate of drug-likeness (QED) is 0.346. The van der Waals surface area contributed by atoms with Crippen molar-refractivity contribution in [3.05, 3.63) is 35.2 Å². The Morgan fingerprint density at radius 1 is 0.667 bits per heavy atom. The van der Waals surface area contributed by atoms with E-state index in [1.54, 1.807) is 0 Å². The van der Waals surface area contributed by atoms with Gasteiger partial charge in [0.05, 0.1) is 0 Å². The standard InChI is InChI=1S/C6HF5.ClH/c7-2-1-3(8)5(10)6(11)4(2)9;/h1H;1H. The molecule has 0 atom stereocenters. The number of hydrogen-bond donors (Lipinski definition) is 0. The van der Waals surface area contributed by atoms with Crippen molar-refractivity contribution in [3.8, 4) is 0 Å². The molecular weight excluding hydrogens is 203 g/mol. The normalized spacial score (nSPS) is 9.42. The molecular formula is C6H2ClF5. The molecule has 12 heavy (non-hydrogen) atoms. The van der Waals surface area contributed by atoms with Gasteiger partial charge in [-0.2, -0.15) is 0 Å². The van der Waals surface area contributed by atoms with Crippen molar-refractivity contribution in [1.82, 2.24) is 0 Å². The van der Waals surface area contributed by atoms with Crippen molar-refractivity contribution in [3.63, 3.8) is 0 Å². The second-order valence-electron chi connectivity index (χ2n) is 1.78. The van der Waals surface area contributed by atoms with Crippen LogP contribution in [-0.4, -0.2) is 0 Å². The minimum Gasteiger partial charge on any atom is -0.204 e. The molecule has 0 saturated heterocycles. The topological polar surface area (TPSA) is 0 Å². The molecule has 0 fully saturated rings. The largest absolute Gasteiger partial charge is 0.204 e. The second-order valence-corrected chi connectivity index (χ2v) is 1.78. The zero-order chi connectivity index (χ0) is 8.59. The Bertz CT molecular complexity index is 272. The Balaban J connectivity index is 0.00000121. The number of hydrogen-bond acceptors (Lipinski definition) is 0. The number of halogens is 6. The SMILES string of the molecule is Cl.Fc1cc(F)c(F)c(F)c1F. The molecule has 1 aromatic rings. The van der Waals surface area contributed by atoms with Gasteiger partial charge in [0.15, 0.2) is 23.3 Å². The zero-order valence-electron chi connectivity index (χ0n) is 5.38. The molecule has 68 valence electrons. The molecule has 0 bridgehead atoms. The Hall–Kier alpha value is -0.840. The minimum absolute atomic E-state index is 0.